The van der Waals surface area contributed by atoms with E-state index >= 15 is 0 Å². The minimum absolute atomic E-state index is 0.0131. The molecule has 0 bridgehead atoms. The lowest BCUT2D eigenvalue weighted by Crippen LogP contribution is -2.47. The van der Waals surface area contributed by atoms with Gasteiger partial charge in [0, 0.05) is 5.92 Å². The third-order valence-corrected chi connectivity index (χ3v) is 5.83. The molecule has 0 heterocycles. The van der Waals surface area contributed by atoms with Gasteiger partial charge in [0.25, 0.3) is 0 Å². The van der Waals surface area contributed by atoms with Gasteiger partial charge < -0.3 is 10.2 Å². The van der Waals surface area contributed by atoms with Crippen LogP contribution >= 0.6 is 0 Å². The first-order valence-electron chi connectivity index (χ1n) is 8.51. The van der Waals surface area contributed by atoms with E-state index in [4.69, 9.17) is 0 Å². The summed E-state index contributed by atoms with van der Waals surface area (Å²) in [7, 11) is 0. The summed E-state index contributed by atoms with van der Waals surface area (Å²) in [6.45, 7) is 2.21. The molecule has 0 spiro atoms. The molecule has 0 aliphatic heterocycles. The highest BCUT2D eigenvalue weighted by Crippen LogP contribution is 2.50. The lowest BCUT2D eigenvalue weighted by Gasteiger charge is -2.46. The van der Waals surface area contributed by atoms with Crippen LogP contribution in [0, 0.1) is 17.3 Å². The van der Waals surface area contributed by atoms with Crippen molar-refractivity contribution < 1.29 is 15.0 Å². The lowest BCUT2D eigenvalue weighted by molar-refractivity contribution is -0.162. The van der Waals surface area contributed by atoms with Crippen LogP contribution in [-0.2, 0) is 4.79 Å². The van der Waals surface area contributed by atoms with Gasteiger partial charge in [-0.05, 0) is 44.4 Å². The highest BCUT2D eigenvalue weighted by Gasteiger charge is 2.50. The summed E-state index contributed by atoms with van der Waals surface area (Å²) in [6, 6.07) is 0. The number of carbonyl (C=O) groups is 1. The van der Waals surface area contributed by atoms with Gasteiger partial charge >= 0.3 is 5.97 Å². The second-order valence-electron chi connectivity index (χ2n) is 7.01. The maximum atomic E-state index is 11.9. The summed E-state index contributed by atoms with van der Waals surface area (Å²) in [6.07, 6.45) is 10.8. The molecule has 2 N–H and O–H groups in total. The summed E-state index contributed by atoms with van der Waals surface area (Å²) >= 11 is 0. The molecule has 2 aliphatic rings. The molecule has 3 heteroatoms. The Bertz CT molecular complexity index is 318. The van der Waals surface area contributed by atoms with E-state index < -0.39 is 17.5 Å². The SMILES string of the molecule is CCCCC1CCC(C(=O)O)(C2CCCCC2O)CC1. The smallest absolute Gasteiger partial charge is 0.310 e. The number of unbranched alkanes of at least 4 members (excludes halogenated alkanes) is 1. The van der Waals surface area contributed by atoms with E-state index in [9.17, 15) is 15.0 Å². The van der Waals surface area contributed by atoms with Gasteiger partial charge in [0.2, 0.25) is 0 Å². The van der Waals surface area contributed by atoms with Crippen molar-refractivity contribution in [3.8, 4) is 0 Å². The Balaban J connectivity index is 2.03. The third-order valence-electron chi connectivity index (χ3n) is 5.83. The molecule has 2 saturated carbocycles. The molecule has 0 amide bonds. The van der Waals surface area contributed by atoms with Crippen molar-refractivity contribution >= 4 is 5.97 Å². The Kier molecular flexibility index (Phi) is 5.48. The Morgan fingerprint density at radius 1 is 1.15 bits per heavy atom. The van der Waals surface area contributed by atoms with Crippen LogP contribution in [0.4, 0.5) is 0 Å². The van der Waals surface area contributed by atoms with Gasteiger partial charge in [-0.25, -0.2) is 0 Å². The highest BCUT2D eigenvalue weighted by atomic mass is 16.4. The van der Waals surface area contributed by atoms with Crippen LogP contribution < -0.4 is 0 Å². The zero-order chi connectivity index (χ0) is 14.6. The normalized spacial score (nSPS) is 38.6. The Morgan fingerprint density at radius 3 is 2.35 bits per heavy atom. The molecule has 0 aromatic heterocycles. The molecule has 0 saturated heterocycles. The predicted molar refractivity (Wildman–Crippen MR) is 79.5 cm³/mol. The lowest BCUT2D eigenvalue weighted by atomic mass is 9.59. The zero-order valence-corrected chi connectivity index (χ0v) is 12.8. The molecule has 116 valence electrons. The highest BCUT2D eigenvalue weighted by molar-refractivity contribution is 5.75. The van der Waals surface area contributed by atoms with Gasteiger partial charge in [-0.2, -0.15) is 0 Å². The van der Waals surface area contributed by atoms with Gasteiger partial charge in [-0.1, -0.05) is 39.0 Å². The minimum atomic E-state index is -0.655. The largest absolute Gasteiger partial charge is 0.481 e. The summed E-state index contributed by atoms with van der Waals surface area (Å²) in [5.41, 5.74) is -0.636. The molecule has 2 aliphatic carbocycles. The molecule has 2 fully saturated rings. The summed E-state index contributed by atoms with van der Waals surface area (Å²) in [4.78, 5) is 11.9. The van der Waals surface area contributed by atoms with Crippen molar-refractivity contribution in [3.05, 3.63) is 0 Å². The number of aliphatic hydroxyl groups excluding tert-OH is 1. The van der Waals surface area contributed by atoms with Crippen LogP contribution in [0.3, 0.4) is 0 Å². The molecule has 0 aromatic rings. The van der Waals surface area contributed by atoms with Crippen LogP contribution in [0.2, 0.25) is 0 Å². The number of aliphatic hydroxyl groups is 1. The van der Waals surface area contributed by atoms with E-state index in [2.05, 4.69) is 6.92 Å². The molecule has 2 atom stereocenters. The predicted octanol–water partition coefficient (Wildman–Crippen LogP) is 3.99. The number of carboxylic acid groups (broad SMARTS) is 1. The van der Waals surface area contributed by atoms with E-state index in [0.29, 0.717) is 5.92 Å². The molecule has 2 rings (SSSR count). The number of hydrogen-bond donors (Lipinski definition) is 2. The molecule has 2 unspecified atom stereocenters. The number of hydrogen-bond acceptors (Lipinski definition) is 2. The van der Waals surface area contributed by atoms with E-state index in [0.717, 1.165) is 51.4 Å². The first-order chi connectivity index (χ1) is 9.60. The Hall–Kier alpha value is -0.570. The number of aliphatic carboxylic acids is 1. The van der Waals surface area contributed by atoms with Crippen molar-refractivity contribution in [3.63, 3.8) is 0 Å². The molecular formula is C17H30O3. The Labute approximate surface area is 122 Å². The average Bonchev–Trinajstić information content (AvgIpc) is 2.46. The van der Waals surface area contributed by atoms with E-state index in [1.807, 2.05) is 0 Å². The maximum Gasteiger partial charge on any atom is 0.310 e. The van der Waals surface area contributed by atoms with E-state index in [-0.39, 0.29) is 5.92 Å². The van der Waals surface area contributed by atoms with Crippen LogP contribution in [0.5, 0.6) is 0 Å². The van der Waals surface area contributed by atoms with Gasteiger partial charge in [0.1, 0.15) is 0 Å². The topological polar surface area (TPSA) is 57.5 Å². The minimum Gasteiger partial charge on any atom is -0.481 e. The van der Waals surface area contributed by atoms with Crippen molar-refractivity contribution in [2.24, 2.45) is 17.3 Å². The van der Waals surface area contributed by atoms with Crippen LogP contribution in [-0.4, -0.2) is 22.3 Å². The molecule has 3 nitrogen and oxygen atoms in total. The first-order valence-corrected chi connectivity index (χ1v) is 8.51. The molecular weight excluding hydrogens is 252 g/mol. The number of rotatable bonds is 5. The maximum absolute atomic E-state index is 11.9. The van der Waals surface area contributed by atoms with Crippen molar-refractivity contribution in [2.45, 2.75) is 83.7 Å². The van der Waals surface area contributed by atoms with Crippen LogP contribution in [0.1, 0.15) is 77.6 Å². The summed E-state index contributed by atoms with van der Waals surface area (Å²) < 4.78 is 0. The fourth-order valence-electron chi connectivity index (χ4n) is 4.47. The standard InChI is InChI=1S/C17H30O3/c1-2-3-6-13-9-11-17(12-10-13,16(19)20)14-7-4-5-8-15(14)18/h13-15,18H,2-12H2,1H3,(H,19,20). The second kappa shape index (κ2) is 6.93. The molecule has 0 aromatic carbocycles. The summed E-state index contributed by atoms with van der Waals surface area (Å²) in [5, 5.41) is 20.1. The zero-order valence-electron chi connectivity index (χ0n) is 12.8. The average molecular weight is 282 g/mol. The van der Waals surface area contributed by atoms with E-state index in [1.54, 1.807) is 0 Å². The van der Waals surface area contributed by atoms with Crippen LogP contribution in [0.25, 0.3) is 0 Å². The molecule has 20 heavy (non-hydrogen) atoms. The number of carboxylic acids is 1. The van der Waals surface area contributed by atoms with Crippen molar-refractivity contribution in [1.82, 2.24) is 0 Å². The fraction of sp³-hybridized carbons (Fsp3) is 0.941. The first kappa shape index (κ1) is 15.8. The van der Waals surface area contributed by atoms with Gasteiger partial charge in [0.15, 0.2) is 0 Å². The Morgan fingerprint density at radius 2 is 1.80 bits per heavy atom. The van der Waals surface area contributed by atoms with Gasteiger partial charge in [0.05, 0.1) is 11.5 Å². The van der Waals surface area contributed by atoms with Crippen molar-refractivity contribution in [1.29, 1.82) is 0 Å². The van der Waals surface area contributed by atoms with Crippen LogP contribution in [0.15, 0.2) is 0 Å². The quantitative estimate of drug-likeness (QED) is 0.801. The fourth-order valence-corrected chi connectivity index (χ4v) is 4.47. The van der Waals surface area contributed by atoms with Gasteiger partial charge in [-0.15, -0.1) is 0 Å². The molecule has 0 radical (unpaired) electrons. The third kappa shape index (κ3) is 3.19. The van der Waals surface area contributed by atoms with E-state index in [1.165, 1.54) is 19.3 Å². The summed E-state index contributed by atoms with van der Waals surface area (Å²) in [5.74, 6) is 0.0430. The monoisotopic (exact) mass is 282 g/mol. The second-order valence-corrected chi connectivity index (χ2v) is 7.01. The van der Waals surface area contributed by atoms with Crippen molar-refractivity contribution in [2.75, 3.05) is 0 Å². The van der Waals surface area contributed by atoms with Gasteiger partial charge in [-0.3, -0.25) is 4.79 Å².